The summed E-state index contributed by atoms with van der Waals surface area (Å²) >= 11 is 6.17. The summed E-state index contributed by atoms with van der Waals surface area (Å²) in [5.41, 5.74) is 0.874. The van der Waals surface area contributed by atoms with Crippen LogP contribution in [0.3, 0.4) is 0 Å². The minimum atomic E-state index is -0.0259. The van der Waals surface area contributed by atoms with E-state index in [9.17, 15) is 0 Å². The number of methoxy groups -OCH3 is 1. The van der Waals surface area contributed by atoms with E-state index in [0.29, 0.717) is 5.15 Å². The van der Waals surface area contributed by atoms with E-state index in [2.05, 4.69) is 29.1 Å². The van der Waals surface area contributed by atoms with Crippen LogP contribution in [0.5, 0.6) is 0 Å². The standard InChI is InChI=1S/C14H22ClN3O/c1-9(2)12-17-11(15)10(3)13(18-12)16-8-14(19-4)6-5-7-14/h9H,5-8H2,1-4H3,(H,16,17,18). The molecular weight excluding hydrogens is 262 g/mol. The van der Waals surface area contributed by atoms with E-state index >= 15 is 0 Å². The molecule has 1 aliphatic rings. The Balaban J connectivity index is 2.15. The first-order chi connectivity index (χ1) is 8.97. The van der Waals surface area contributed by atoms with Gasteiger partial charge in [0, 0.05) is 25.1 Å². The summed E-state index contributed by atoms with van der Waals surface area (Å²) < 4.78 is 5.60. The predicted octanol–water partition coefficient (Wildman–Crippen LogP) is 3.54. The minimum absolute atomic E-state index is 0.0259. The van der Waals surface area contributed by atoms with E-state index in [4.69, 9.17) is 16.3 Å². The lowest BCUT2D eigenvalue weighted by Crippen LogP contribution is -2.45. The first-order valence-corrected chi connectivity index (χ1v) is 7.18. The summed E-state index contributed by atoms with van der Waals surface area (Å²) in [5.74, 6) is 1.86. The van der Waals surface area contributed by atoms with Crippen LogP contribution in [0.25, 0.3) is 0 Å². The second-order valence-electron chi connectivity index (χ2n) is 5.60. The molecule has 0 atom stereocenters. The van der Waals surface area contributed by atoms with Crippen LogP contribution < -0.4 is 5.32 Å². The van der Waals surface area contributed by atoms with Gasteiger partial charge in [-0.05, 0) is 26.2 Å². The Morgan fingerprint density at radius 1 is 1.37 bits per heavy atom. The first-order valence-electron chi connectivity index (χ1n) is 6.80. The zero-order valence-electron chi connectivity index (χ0n) is 12.1. The van der Waals surface area contributed by atoms with Crippen molar-refractivity contribution in [3.63, 3.8) is 0 Å². The Bertz CT molecular complexity index is 453. The van der Waals surface area contributed by atoms with Crippen LogP contribution >= 0.6 is 11.6 Å². The highest BCUT2D eigenvalue weighted by Gasteiger charge is 2.36. The highest BCUT2D eigenvalue weighted by atomic mass is 35.5. The van der Waals surface area contributed by atoms with Crippen LogP contribution in [0.1, 0.15) is 50.4 Å². The third kappa shape index (κ3) is 3.00. The Hall–Kier alpha value is -0.870. The number of rotatable bonds is 5. The molecule has 0 unspecified atom stereocenters. The van der Waals surface area contributed by atoms with Gasteiger partial charge >= 0.3 is 0 Å². The lowest BCUT2D eigenvalue weighted by molar-refractivity contribution is -0.0601. The molecule has 0 aromatic carbocycles. The monoisotopic (exact) mass is 283 g/mol. The van der Waals surface area contributed by atoms with Crippen molar-refractivity contribution in [2.75, 3.05) is 19.0 Å². The van der Waals surface area contributed by atoms with E-state index in [1.54, 1.807) is 7.11 Å². The number of anilines is 1. The molecule has 0 amide bonds. The maximum absolute atomic E-state index is 6.17. The lowest BCUT2D eigenvalue weighted by Gasteiger charge is -2.40. The molecule has 1 fully saturated rings. The van der Waals surface area contributed by atoms with Crippen LogP contribution in [0.15, 0.2) is 0 Å². The number of hydrogen-bond acceptors (Lipinski definition) is 4. The zero-order chi connectivity index (χ0) is 14.0. The van der Waals surface area contributed by atoms with Gasteiger partial charge in [-0.15, -0.1) is 0 Å². The molecule has 1 heterocycles. The van der Waals surface area contributed by atoms with Gasteiger partial charge in [-0.1, -0.05) is 25.4 Å². The molecule has 0 saturated heterocycles. The van der Waals surface area contributed by atoms with Crippen molar-refractivity contribution in [1.29, 1.82) is 0 Å². The Labute approximate surface area is 119 Å². The van der Waals surface area contributed by atoms with Gasteiger partial charge in [-0.3, -0.25) is 0 Å². The number of ether oxygens (including phenoxy) is 1. The van der Waals surface area contributed by atoms with Crippen molar-refractivity contribution in [2.24, 2.45) is 0 Å². The molecular formula is C14H22ClN3O. The smallest absolute Gasteiger partial charge is 0.137 e. The number of hydrogen-bond donors (Lipinski definition) is 1. The van der Waals surface area contributed by atoms with Crippen molar-refractivity contribution in [3.05, 3.63) is 16.5 Å². The quantitative estimate of drug-likeness (QED) is 0.840. The molecule has 0 radical (unpaired) electrons. The number of halogens is 1. The summed E-state index contributed by atoms with van der Waals surface area (Å²) in [6.07, 6.45) is 3.44. The van der Waals surface area contributed by atoms with Gasteiger partial charge in [0.1, 0.15) is 16.8 Å². The first kappa shape index (κ1) is 14.5. The van der Waals surface area contributed by atoms with Gasteiger partial charge < -0.3 is 10.1 Å². The molecule has 1 aliphatic carbocycles. The van der Waals surface area contributed by atoms with E-state index in [1.165, 1.54) is 6.42 Å². The van der Waals surface area contributed by atoms with E-state index in [1.807, 2.05) is 6.92 Å². The van der Waals surface area contributed by atoms with Crippen molar-refractivity contribution < 1.29 is 4.74 Å². The van der Waals surface area contributed by atoms with E-state index in [-0.39, 0.29) is 11.5 Å². The predicted molar refractivity (Wildman–Crippen MR) is 77.9 cm³/mol. The van der Waals surface area contributed by atoms with Crippen molar-refractivity contribution in [3.8, 4) is 0 Å². The topological polar surface area (TPSA) is 47.0 Å². The van der Waals surface area contributed by atoms with Crippen molar-refractivity contribution >= 4 is 17.4 Å². The van der Waals surface area contributed by atoms with E-state index in [0.717, 1.165) is 36.6 Å². The SMILES string of the molecule is COC1(CNc2nc(C(C)C)nc(Cl)c2C)CCC1. The summed E-state index contributed by atoms with van der Waals surface area (Å²) in [5, 5.41) is 3.91. The highest BCUT2D eigenvalue weighted by molar-refractivity contribution is 6.30. The molecule has 1 N–H and O–H groups in total. The molecule has 5 heteroatoms. The van der Waals surface area contributed by atoms with Gasteiger partial charge in [-0.25, -0.2) is 9.97 Å². The maximum atomic E-state index is 6.17. The fraction of sp³-hybridized carbons (Fsp3) is 0.714. The van der Waals surface area contributed by atoms with Crippen LogP contribution in [0.2, 0.25) is 5.15 Å². The van der Waals surface area contributed by atoms with Crippen LogP contribution in [-0.4, -0.2) is 29.2 Å². The van der Waals surface area contributed by atoms with Crippen LogP contribution in [0.4, 0.5) is 5.82 Å². The third-order valence-electron chi connectivity index (χ3n) is 3.90. The van der Waals surface area contributed by atoms with Gasteiger partial charge in [-0.2, -0.15) is 0 Å². The minimum Gasteiger partial charge on any atom is -0.376 e. The van der Waals surface area contributed by atoms with Crippen LogP contribution in [-0.2, 0) is 4.74 Å². The Kier molecular flexibility index (Phi) is 4.31. The van der Waals surface area contributed by atoms with E-state index < -0.39 is 0 Å². The fourth-order valence-corrected chi connectivity index (χ4v) is 2.38. The largest absolute Gasteiger partial charge is 0.376 e. The molecule has 2 rings (SSSR count). The maximum Gasteiger partial charge on any atom is 0.137 e. The normalized spacial score (nSPS) is 17.4. The van der Waals surface area contributed by atoms with Gasteiger partial charge in [0.2, 0.25) is 0 Å². The molecule has 19 heavy (non-hydrogen) atoms. The van der Waals surface area contributed by atoms with Crippen LogP contribution in [0, 0.1) is 6.92 Å². The Morgan fingerprint density at radius 3 is 2.53 bits per heavy atom. The highest BCUT2D eigenvalue weighted by Crippen LogP contribution is 2.35. The molecule has 1 aromatic heterocycles. The average molecular weight is 284 g/mol. The summed E-state index contributed by atoms with van der Waals surface area (Å²) in [4.78, 5) is 8.88. The molecule has 0 bridgehead atoms. The average Bonchev–Trinajstić information content (AvgIpc) is 2.32. The lowest BCUT2D eigenvalue weighted by atomic mass is 9.80. The van der Waals surface area contributed by atoms with Crippen molar-refractivity contribution in [2.45, 2.75) is 51.6 Å². The molecule has 1 saturated carbocycles. The van der Waals surface area contributed by atoms with Gasteiger partial charge in [0.05, 0.1) is 5.60 Å². The third-order valence-corrected chi connectivity index (χ3v) is 4.26. The second-order valence-corrected chi connectivity index (χ2v) is 5.95. The summed E-state index contributed by atoms with van der Waals surface area (Å²) in [6.45, 7) is 6.84. The number of nitrogens with one attached hydrogen (secondary N) is 1. The van der Waals surface area contributed by atoms with Gasteiger partial charge in [0.25, 0.3) is 0 Å². The number of nitrogens with zero attached hydrogens (tertiary/aromatic N) is 2. The van der Waals surface area contributed by atoms with Crippen molar-refractivity contribution in [1.82, 2.24) is 9.97 Å². The molecule has 4 nitrogen and oxygen atoms in total. The summed E-state index contributed by atoms with van der Waals surface area (Å²) in [6, 6.07) is 0. The Morgan fingerprint density at radius 2 is 2.05 bits per heavy atom. The molecule has 0 aliphatic heterocycles. The summed E-state index contributed by atoms with van der Waals surface area (Å²) in [7, 11) is 1.78. The molecule has 0 spiro atoms. The number of aromatic nitrogens is 2. The zero-order valence-corrected chi connectivity index (χ0v) is 12.8. The van der Waals surface area contributed by atoms with Gasteiger partial charge in [0.15, 0.2) is 0 Å². The molecule has 1 aromatic rings. The molecule has 106 valence electrons. The second kappa shape index (κ2) is 5.63. The fourth-order valence-electron chi connectivity index (χ4n) is 2.20.